The lowest BCUT2D eigenvalue weighted by Crippen LogP contribution is -2.16. The molecule has 0 bridgehead atoms. The maximum Gasteiger partial charge on any atom is 0.301 e. The van der Waals surface area contributed by atoms with E-state index in [0.717, 1.165) is 12.1 Å². The molecular weight excluding hydrogens is 468 g/mol. The van der Waals surface area contributed by atoms with Gasteiger partial charge in [0.25, 0.3) is 11.4 Å². The Kier molecular flexibility index (Phi) is 6.33. The van der Waals surface area contributed by atoms with Gasteiger partial charge >= 0.3 is 20.2 Å². The summed E-state index contributed by atoms with van der Waals surface area (Å²) in [5.41, 5.74) is -1.16. The molecule has 1 aliphatic rings. The average Bonchev–Trinajstić information content (AvgIpc) is 2.71. The fraction of sp³-hybridized carbons (Fsp3) is 0.333. The standard InChI is InChI=1S/C18H18N2O10S2/c21-19(22)17-13(3-1-5-15(17)31(25,26)27)11-7-9-12(10-8-11)14-4-2-6-16(32(28,29)30)18(14)20(23)24/h1-6,11-12H,7-10H2,(H,25,26,27)(H,28,29,30). The third-order valence-electron chi connectivity index (χ3n) is 5.59. The van der Waals surface area contributed by atoms with Crippen molar-refractivity contribution in [3.63, 3.8) is 0 Å². The zero-order chi connectivity index (χ0) is 23.8. The number of nitro benzene ring substituents is 2. The lowest BCUT2D eigenvalue weighted by molar-refractivity contribution is -0.389. The van der Waals surface area contributed by atoms with Crippen LogP contribution in [0.2, 0.25) is 0 Å². The molecule has 3 rings (SSSR count). The van der Waals surface area contributed by atoms with Gasteiger partial charge in [0.05, 0.1) is 9.85 Å². The maximum atomic E-state index is 11.6. The average molecular weight is 486 g/mol. The van der Waals surface area contributed by atoms with Crippen molar-refractivity contribution in [2.75, 3.05) is 0 Å². The van der Waals surface area contributed by atoms with Crippen LogP contribution in [0, 0.1) is 20.2 Å². The van der Waals surface area contributed by atoms with E-state index in [2.05, 4.69) is 0 Å². The van der Waals surface area contributed by atoms with Gasteiger partial charge in [-0.25, -0.2) is 0 Å². The predicted molar refractivity (Wildman–Crippen MR) is 110 cm³/mol. The van der Waals surface area contributed by atoms with Gasteiger partial charge < -0.3 is 0 Å². The van der Waals surface area contributed by atoms with Crippen molar-refractivity contribution >= 4 is 31.6 Å². The molecule has 14 heteroatoms. The van der Waals surface area contributed by atoms with Crippen LogP contribution in [0.25, 0.3) is 0 Å². The first-order valence-electron chi connectivity index (χ1n) is 9.32. The van der Waals surface area contributed by atoms with E-state index in [-0.39, 0.29) is 11.1 Å². The topological polar surface area (TPSA) is 195 Å². The van der Waals surface area contributed by atoms with Crippen LogP contribution in [0.5, 0.6) is 0 Å². The highest BCUT2D eigenvalue weighted by Crippen LogP contribution is 2.46. The Morgan fingerprint density at radius 1 is 0.688 bits per heavy atom. The zero-order valence-electron chi connectivity index (χ0n) is 16.3. The molecule has 1 fully saturated rings. The highest BCUT2D eigenvalue weighted by Gasteiger charge is 2.36. The number of rotatable bonds is 6. The van der Waals surface area contributed by atoms with Gasteiger partial charge in [0.2, 0.25) is 0 Å². The third-order valence-corrected chi connectivity index (χ3v) is 7.36. The minimum Gasteiger partial charge on any atom is -0.282 e. The summed E-state index contributed by atoms with van der Waals surface area (Å²) in [5, 5.41) is 23.1. The Bertz CT molecular complexity index is 1200. The number of para-hydroxylation sites is 2. The summed E-state index contributed by atoms with van der Waals surface area (Å²) in [7, 11) is -9.65. The monoisotopic (exact) mass is 486 g/mol. The normalized spacial score (nSPS) is 19.4. The first kappa shape index (κ1) is 23.7. The van der Waals surface area contributed by atoms with E-state index in [9.17, 15) is 46.2 Å². The van der Waals surface area contributed by atoms with Gasteiger partial charge in [-0.05, 0) is 49.7 Å². The quantitative estimate of drug-likeness (QED) is 0.347. The summed E-state index contributed by atoms with van der Waals surface area (Å²) in [5.74, 6) is -0.894. The summed E-state index contributed by atoms with van der Waals surface area (Å²) in [6.07, 6.45) is 1.20. The molecule has 32 heavy (non-hydrogen) atoms. The molecule has 0 aliphatic heterocycles. The molecule has 0 radical (unpaired) electrons. The summed E-state index contributed by atoms with van der Waals surface area (Å²) in [6, 6.07) is 7.26. The van der Waals surface area contributed by atoms with Gasteiger partial charge in [-0.2, -0.15) is 16.8 Å². The van der Waals surface area contributed by atoms with Gasteiger partial charge in [-0.3, -0.25) is 29.3 Å². The number of nitrogens with zero attached hydrogens (tertiary/aromatic N) is 2. The number of nitro groups is 2. The number of benzene rings is 2. The van der Waals surface area contributed by atoms with E-state index in [1.54, 1.807) is 0 Å². The predicted octanol–water partition coefficient (Wildman–Crippen LogP) is 3.44. The largest absolute Gasteiger partial charge is 0.301 e. The molecule has 0 amide bonds. The van der Waals surface area contributed by atoms with Crippen molar-refractivity contribution in [2.45, 2.75) is 47.3 Å². The molecule has 0 aromatic heterocycles. The molecule has 2 aromatic carbocycles. The van der Waals surface area contributed by atoms with E-state index in [4.69, 9.17) is 0 Å². The van der Waals surface area contributed by atoms with Crippen LogP contribution in [-0.2, 0) is 20.2 Å². The Labute approximate surface area is 182 Å². The van der Waals surface area contributed by atoms with Gasteiger partial charge in [0.15, 0.2) is 9.79 Å². The second-order valence-corrected chi connectivity index (χ2v) is 10.2. The molecule has 1 saturated carbocycles. The van der Waals surface area contributed by atoms with Crippen LogP contribution in [0.3, 0.4) is 0 Å². The van der Waals surface area contributed by atoms with E-state index in [1.165, 1.54) is 24.3 Å². The van der Waals surface area contributed by atoms with Crippen molar-refractivity contribution in [2.24, 2.45) is 0 Å². The molecule has 0 spiro atoms. The van der Waals surface area contributed by atoms with Gasteiger partial charge in [-0.1, -0.05) is 24.3 Å². The van der Waals surface area contributed by atoms with E-state index < -0.39 is 63.1 Å². The summed E-state index contributed by atoms with van der Waals surface area (Å²) < 4.78 is 64.9. The molecule has 0 saturated heterocycles. The van der Waals surface area contributed by atoms with E-state index >= 15 is 0 Å². The Hall–Kier alpha value is -2.94. The second-order valence-electron chi connectivity index (χ2n) is 7.40. The summed E-state index contributed by atoms with van der Waals surface area (Å²) in [6.45, 7) is 0. The minimum absolute atomic E-state index is 0.129. The fourth-order valence-electron chi connectivity index (χ4n) is 4.26. The lowest BCUT2D eigenvalue weighted by Gasteiger charge is -2.29. The number of hydrogen-bond acceptors (Lipinski definition) is 8. The van der Waals surface area contributed by atoms with Crippen LogP contribution in [0.1, 0.15) is 48.6 Å². The van der Waals surface area contributed by atoms with E-state index in [0.29, 0.717) is 25.7 Å². The molecule has 0 heterocycles. The molecule has 0 atom stereocenters. The molecule has 12 nitrogen and oxygen atoms in total. The molecule has 0 unspecified atom stereocenters. The van der Waals surface area contributed by atoms with Crippen molar-refractivity contribution in [3.8, 4) is 0 Å². The Morgan fingerprint density at radius 3 is 1.25 bits per heavy atom. The molecular formula is C18H18N2O10S2. The van der Waals surface area contributed by atoms with Gasteiger partial charge in [0.1, 0.15) is 0 Å². The Morgan fingerprint density at radius 2 is 1.00 bits per heavy atom. The van der Waals surface area contributed by atoms with Crippen molar-refractivity contribution in [1.82, 2.24) is 0 Å². The zero-order valence-corrected chi connectivity index (χ0v) is 18.0. The summed E-state index contributed by atoms with van der Waals surface area (Å²) in [4.78, 5) is 19.7. The van der Waals surface area contributed by atoms with Gasteiger partial charge in [0, 0.05) is 11.1 Å². The van der Waals surface area contributed by atoms with Gasteiger partial charge in [-0.15, -0.1) is 0 Å². The smallest absolute Gasteiger partial charge is 0.282 e. The maximum absolute atomic E-state index is 11.6. The molecule has 1 aliphatic carbocycles. The number of hydrogen-bond donors (Lipinski definition) is 2. The fourth-order valence-corrected chi connectivity index (χ4v) is 5.63. The minimum atomic E-state index is -4.82. The van der Waals surface area contributed by atoms with E-state index in [1.807, 2.05) is 0 Å². The van der Waals surface area contributed by atoms with Crippen LogP contribution in [0.15, 0.2) is 46.2 Å². The second kappa shape index (κ2) is 8.54. The van der Waals surface area contributed by atoms with Crippen molar-refractivity contribution < 1.29 is 35.8 Å². The van der Waals surface area contributed by atoms with Crippen molar-refractivity contribution in [3.05, 3.63) is 67.8 Å². The third kappa shape index (κ3) is 4.62. The summed E-state index contributed by atoms with van der Waals surface area (Å²) >= 11 is 0. The molecule has 172 valence electrons. The lowest BCUT2D eigenvalue weighted by atomic mass is 9.75. The van der Waals surface area contributed by atoms with Crippen molar-refractivity contribution in [1.29, 1.82) is 0 Å². The SMILES string of the molecule is O=[N+]([O-])c1c(C2CCC(c3cccc(S(=O)(=O)O)c3[N+](=O)[O-])CC2)cccc1S(=O)(=O)O. The highest BCUT2D eigenvalue weighted by molar-refractivity contribution is 7.86. The first-order chi connectivity index (χ1) is 14.8. The van der Waals surface area contributed by atoms with Crippen LogP contribution >= 0.6 is 0 Å². The van der Waals surface area contributed by atoms with Crippen LogP contribution in [0.4, 0.5) is 11.4 Å². The first-order valence-corrected chi connectivity index (χ1v) is 12.2. The van der Waals surface area contributed by atoms with Crippen LogP contribution < -0.4 is 0 Å². The molecule has 2 N–H and O–H groups in total. The van der Waals surface area contributed by atoms with Crippen LogP contribution in [-0.4, -0.2) is 35.8 Å². The molecule has 2 aromatic rings. The Balaban J connectivity index is 1.96. The highest BCUT2D eigenvalue weighted by atomic mass is 32.2.